The lowest BCUT2D eigenvalue weighted by Gasteiger charge is -2.29. The molecule has 1 saturated heterocycles. The predicted molar refractivity (Wildman–Crippen MR) is 102 cm³/mol. The van der Waals surface area contributed by atoms with E-state index in [2.05, 4.69) is 21.2 Å². The van der Waals surface area contributed by atoms with E-state index in [-0.39, 0.29) is 10.7 Å². The molecule has 0 spiro atoms. The Morgan fingerprint density at radius 3 is 2.58 bits per heavy atom. The van der Waals surface area contributed by atoms with Gasteiger partial charge in [-0.2, -0.15) is 0 Å². The van der Waals surface area contributed by atoms with Crippen LogP contribution in [0.3, 0.4) is 0 Å². The molecule has 1 aliphatic rings. The monoisotopic (exact) mass is 400 g/mol. The quantitative estimate of drug-likeness (QED) is 0.476. The van der Waals surface area contributed by atoms with Gasteiger partial charge >= 0.3 is 0 Å². The van der Waals surface area contributed by atoms with Crippen LogP contribution in [0.5, 0.6) is 0 Å². The van der Waals surface area contributed by atoms with Crippen LogP contribution in [0.1, 0.15) is 11.1 Å². The number of aryl methyl sites for hydroxylation is 1. The lowest BCUT2D eigenvalue weighted by molar-refractivity contribution is -0.122. The minimum absolute atomic E-state index is 0.0536. The van der Waals surface area contributed by atoms with Crippen molar-refractivity contribution >= 4 is 56.8 Å². The third-order valence-electron chi connectivity index (χ3n) is 3.66. The van der Waals surface area contributed by atoms with Crippen molar-refractivity contribution in [2.24, 2.45) is 0 Å². The maximum Gasteiger partial charge on any atom is 0.270 e. The van der Waals surface area contributed by atoms with Gasteiger partial charge in [0.15, 0.2) is 5.11 Å². The molecule has 0 aliphatic carbocycles. The van der Waals surface area contributed by atoms with Crippen molar-refractivity contribution in [3.8, 4) is 0 Å². The van der Waals surface area contributed by atoms with Crippen molar-refractivity contribution in [3.63, 3.8) is 0 Å². The number of hydrogen-bond acceptors (Lipinski definition) is 3. The summed E-state index contributed by atoms with van der Waals surface area (Å²) in [5.74, 6) is -0.926. The standard InChI is InChI=1S/C18H13BrN2O2S/c1-11-5-2-3-6-12(11)9-15-16(22)20-18(24)21(17(15)23)14-8-4-7-13(19)10-14/h2-10H,1H3,(H,20,22,24)/b15-9+. The van der Waals surface area contributed by atoms with Crippen LogP contribution >= 0.6 is 28.1 Å². The van der Waals surface area contributed by atoms with Crippen molar-refractivity contribution in [2.75, 3.05) is 4.90 Å². The van der Waals surface area contributed by atoms with Gasteiger partial charge in [0.25, 0.3) is 11.8 Å². The Bertz CT molecular complexity index is 892. The first-order chi connectivity index (χ1) is 11.5. The molecular weight excluding hydrogens is 388 g/mol. The van der Waals surface area contributed by atoms with Crippen LogP contribution in [0.4, 0.5) is 5.69 Å². The van der Waals surface area contributed by atoms with Gasteiger partial charge in [-0.25, -0.2) is 0 Å². The summed E-state index contributed by atoms with van der Waals surface area (Å²) in [6.07, 6.45) is 1.60. The molecule has 0 bridgehead atoms. The van der Waals surface area contributed by atoms with Crippen LogP contribution in [0.15, 0.2) is 58.6 Å². The number of carbonyl (C=O) groups is 2. The zero-order chi connectivity index (χ0) is 17.3. The summed E-state index contributed by atoms with van der Waals surface area (Å²) < 4.78 is 0.817. The van der Waals surface area contributed by atoms with E-state index in [0.29, 0.717) is 5.69 Å². The highest BCUT2D eigenvalue weighted by Crippen LogP contribution is 2.25. The van der Waals surface area contributed by atoms with Gasteiger partial charge in [-0.3, -0.25) is 19.8 Å². The van der Waals surface area contributed by atoms with Gasteiger partial charge < -0.3 is 0 Å². The molecule has 3 rings (SSSR count). The number of amides is 2. The van der Waals surface area contributed by atoms with Gasteiger partial charge in [-0.05, 0) is 54.5 Å². The Balaban J connectivity index is 2.05. The van der Waals surface area contributed by atoms with Crippen LogP contribution in [-0.4, -0.2) is 16.9 Å². The van der Waals surface area contributed by atoms with E-state index in [0.717, 1.165) is 15.6 Å². The van der Waals surface area contributed by atoms with E-state index in [4.69, 9.17) is 12.2 Å². The fourth-order valence-electron chi connectivity index (χ4n) is 2.41. The molecule has 120 valence electrons. The van der Waals surface area contributed by atoms with Crippen molar-refractivity contribution in [1.82, 2.24) is 5.32 Å². The number of carbonyl (C=O) groups excluding carboxylic acids is 2. The normalized spacial score (nSPS) is 16.5. The molecule has 0 unspecified atom stereocenters. The molecule has 2 amide bonds. The lowest BCUT2D eigenvalue weighted by atomic mass is 10.0. The fraction of sp³-hybridized carbons (Fsp3) is 0.0556. The second-order valence-corrected chi connectivity index (χ2v) is 6.60. The highest BCUT2D eigenvalue weighted by molar-refractivity contribution is 9.10. The Hall–Kier alpha value is -2.31. The molecule has 0 aromatic heterocycles. The van der Waals surface area contributed by atoms with Crippen molar-refractivity contribution in [3.05, 3.63) is 69.7 Å². The average Bonchev–Trinajstić information content (AvgIpc) is 2.53. The van der Waals surface area contributed by atoms with Crippen molar-refractivity contribution in [2.45, 2.75) is 6.92 Å². The molecule has 4 nitrogen and oxygen atoms in total. The first-order valence-corrected chi connectivity index (χ1v) is 8.40. The third kappa shape index (κ3) is 3.16. The second-order valence-electron chi connectivity index (χ2n) is 5.29. The van der Waals surface area contributed by atoms with Gasteiger partial charge in [-0.1, -0.05) is 46.3 Å². The molecule has 1 heterocycles. The maximum absolute atomic E-state index is 12.9. The first kappa shape index (κ1) is 16.5. The Morgan fingerprint density at radius 2 is 1.88 bits per heavy atom. The number of hydrogen-bond donors (Lipinski definition) is 1. The summed E-state index contributed by atoms with van der Waals surface area (Å²) in [6.45, 7) is 1.92. The summed E-state index contributed by atoms with van der Waals surface area (Å²) in [6, 6.07) is 14.7. The molecule has 24 heavy (non-hydrogen) atoms. The largest absolute Gasteiger partial charge is 0.298 e. The van der Waals surface area contributed by atoms with E-state index in [1.54, 1.807) is 24.3 Å². The Labute approximate surface area is 153 Å². The Kier molecular flexibility index (Phi) is 4.59. The molecule has 2 aromatic rings. The van der Waals surface area contributed by atoms with Crippen LogP contribution in [0.25, 0.3) is 6.08 Å². The summed E-state index contributed by atoms with van der Waals surface area (Å²) in [4.78, 5) is 26.4. The molecule has 1 aliphatic heterocycles. The number of rotatable bonds is 2. The molecule has 2 aromatic carbocycles. The van der Waals surface area contributed by atoms with Gasteiger partial charge in [0.2, 0.25) is 0 Å². The third-order valence-corrected chi connectivity index (χ3v) is 4.43. The van der Waals surface area contributed by atoms with Crippen LogP contribution in [-0.2, 0) is 9.59 Å². The molecule has 6 heteroatoms. The number of thiocarbonyl (C=S) groups is 1. The highest BCUT2D eigenvalue weighted by Gasteiger charge is 2.34. The zero-order valence-corrected chi connectivity index (χ0v) is 15.1. The molecular formula is C18H13BrN2O2S. The van der Waals surface area contributed by atoms with Gasteiger partial charge in [-0.15, -0.1) is 0 Å². The predicted octanol–water partition coefficient (Wildman–Crippen LogP) is 3.59. The van der Waals surface area contributed by atoms with Gasteiger partial charge in [0.05, 0.1) is 5.69 Å². The number of nitrogens with one attached hydrogen (secondary N) is 1. The lowest BCUT2D eigenvalue weighted by Crippen LogP contribution is -2.54. The molecule has 1 N–H and O–H groups in total. The average molecular weight is 401 g/mol. The molecule has 0 saturated carbocycles. The van der Waals surface area contributed by atoms with Gasteiger partial charge in [0.1, 0.15) is 5.57 Å². The fourth-order valence-corrected chi connectivity index (χ4v) is 3.08. The van der Waals surface area contributed by atoms with E-state index in [1.165, 1.54) is 4.90 Å². The van der Waals surface area contributed by atoms with E-state index in [1.807, 2.05) is 37.3 Å². The van der Waals surface area contributed by atoms with Gasteiger partial charge in [0, 0.05) is 4.47 Å². The molecule has 0 atom stereocenters. The summed E-state index contributed by atoms with van der Waals surface area (Å²) >= 11 is 8.56. The SMILES string of the molecule is Cc1ccccc1/C=C1\C(=O)NC(=S)N(c2cccc(Br)c2)C1=O. The topological polar surface area (TPSA) is 49.4 Å². The minimum Gasteiger partial charge on any atom is -0.298 e. The highest BCUT2D eigenvalue weighted by atomic mass is 79.9. The summed E-state index contributed by atoms with van der Waals surface area (Å²) in [5.41, 5.74) is 2.44. The number of halogens is 1. The summed E-state index contributed by atoms with van der Waals surface area (Å²) in [7, 11) is 0. The summed E-state index contributed by atoms with van der Waals surface area (Å²) in [5, 5.41) is 2.66. The van der Waals surface area contributed by atoms with Crippen LogP contribution < -0.4 is 10.2 Å². The van der Waals surface area contributed by atoms with Crippen LogP contribution in [0.2, 0.25) is 0 Å². The molecule has 1 fully saturated rings. The van der Waals surface area contributed by atoms with Crippen LogP contribution in [0, 0.1) is 6.92 Å². The van der Waals surface area contributed by atoms with E-state index < -0.39 is 11.8 Å². The number of anilines is 1. The minimum atomic E-state index is -0.487. The number of nitrogens with zero attached hydrogens (tertiary/aromatic N) is 1. The van der Waals surface area contributed by atoms with E-state index >= 15 is 0 Å². The zero-order valence-electron chi connectivity index (χ0n) is 12.7. The first-order valence-electron chi connectivity index (χ1n) is 7.20. The number of benzene rings is 2. The molecule has 0 radical (unpaired) electrons. The van der Waals surface area contributed by atoms with Crippen molar-refractivity contribution < 1.29 is 9.59 Å². The van der Waals surface area contributed by atoms with E-state index in [9.17, 15) is 9.59 Å². The smallest absolute Gasteiger partial charge is 0.270 e. The second kappa shape index (κ2) is 6.67. The maximum atomic E-state index is 12.9. The Morgan fingerprint density at radius 1 is 1.12 bits per heavy atom. The van der Waals surface area contributed by atoms with Crippen molar-refractivity contribution in [1.29, 1.82) is 0 Å².